The van der Waals surface area contributed by atoms with Crippen LogP contribution in [0, 0.1) is 5.92 Å². The summed E-state index contributed by atoms with van der Waals surface area (Å²) in [4.78, 5) is 16.8. The van der Waals surface area contributed by atoms with Crippen LogP contribution in [0.15, 0.2) is 59.8 Å². The van der Waals surface area contributed by atoms with Crippen LogP contribution >= 0.6 is 0 Å². The topological polar surface area (TPSA) is 79.4 Å². The first-order chi connectivity index (χ1) is 12.6. The van der Waals surface area contributed by atoms with Gasteiger partial charge in [0, 0.05) is 32.0 Å². The number of rotatable bonds is 6. The van der Waals surface area contributed by atoms with E-state index in [-0.39, 0.29) is 23.3 Å². The maximum Gasteiger partial charge on any atom is 0.243 e. The lowest BCUT2D eigenvalue weighted by Gasteiger charge is -2.31. The maximum absolute atomic E-state index is 12.7. The highest BCUT2D eigenvalue weighted by atomic mass is 32.2. The summed E-state index contributed by atoms with van der Waals surface area (Å²) in [5, 5.41) is 2.92. The quantitative estimate of drug-likeness (QED) is 0.838. The first-order valence-electron chi connectivity index (χ1n) is 8.79. The number of nitrogens with one attached hydrogen (secondary N) is 1. The van der Waals surface area contributed by atoms with E-state index in [1.165, 1.54) is 4.31 Å². The van der Waals surface area contributed by atoms with Crippen LogP contribution in [0.2, 0.25) is 0 Å². The molecule has 1 aliphatic heterocycles. The third-order valence-corrected chi connectivity index (χ3v) is 6.45. The van der Waals surface area contributed by atoms with Crippen LogP contribution in [0.3, 0.4) is 0 Å². The van der Waals surface area contributed by atoms with Gasteiger partial charge in [-0.15, -0.1) is 0 Å². The Morgan fingerprint density at radius 1 is 1.19 bits per heavy atom. The first kappa shape index (κ1) is 18.5. The Morgan fingerprint density at radius 3 is 2.73 bits per heavy atom. The number of hydrogen-bond donors (Lipinski definition) is 1. The molecule has 2 heterocycles. The van der Waals surface area contributed by atoms with Crippen molar-refractivity contribution >= 4 is 15.9 Å². The fourth-order valence-corrected chi connectivity index (χ4v) is 4.68. The van der Waals surface area contributed by atoms with Crippen molar-refractivity contribution in [2.24, 2.45) is 5.92 Å². The molecule has 1 aromatic carbocycles. The monoisotopic (exact) mass is 373 g/mol. The predicted molar refractivity (Wildman–Crippen MR) is 98.9 cm³/mol. The molecule has 26 heavy (non-hydrogen) atoms. The van der Waals surface area contributed by atoms with Crippen molar-refractivity contribution in [1.29, 1.82) is 0 Å². The molecule has 6 nitrogen and oxygen atoms in total. The van der Waals surface area contributed by atoms with Gasteiger partial charge in [-0.1, -0.05) is 24.3 Å². The zero-order chi connectivity index (χ0) is 18.4. The molecule has 0 aliphatic carbocycles. The van der Waals surface area contributed by atoms with E-state index in [2.05, 4.69) is 10.3 Å². The van der Waals surface area contributed by atoms with Gasteiger partial charge in [-0.3, -0.25) is 9.78 Å². The average molecular weight is 373 g/mol. The van der Waals surface area contributed by atoms with Gasteiger partial charge in [0.25, 0.3) is 0 Å². The smallest absolute Gasteiger partial charge is 0.243 e. The number of sulfonamides is 1. The number of benzene rings is 1. The minimum absolute atomic E-state index is 0.0816. The van der Waals surface area contributed by atoms with Gasteiger partial charge < -0.3 is 5.32 Å². The Hall–Kier alpha value is -2.25. The third kappa shape index (κ3) is 4.47. The third-order valence-electron chi connectivity index (χ3n) is 4.57. The SMILES string of the molecule is O=C(NCCc1cccnc1)C1CCCN(S(=O)(=O)c2ccccc2)C1. The second-order valence-corrected chi connectivity index (χ2v) is 8.36. The van der Waals surface area contributed by atoms with Gasteiger partial charge in [0.2, 0.25) is 15.9 Å². The number of carbonyl (C=O) groups is 1. The molecule has 0 saturated carbocycles. The molecule has 0 bridgehead atoms. The summed E-state index contributed by atoms with van der Waals surface area (Å²) in [6.07, 6.45) is 5.59. The highest BCUT2D eigenvalue weighted by Gasteiger charge is 2.33. The number of piperidine rings is 1. The highest BCUT2D eigenvalue weighted by Crippen LogP contribution is 2.23. The lowest BCUT2D eigenvalue weighted by molar-refractivity contribution is -0.126. The van der Waals surface area contributed by atoms with Gasteiger partial charge in [0.1, 0.15) is 0 Å². The molecule has 1 saturated heterocycles. The van der Waals surface area contributed by atoms with Crippen LogP contribution in [0.1, 0.15) is 18.4 Å². The van der Waals surface area contributed by atoms with Crippen molar-refractivity contribution in [3.63, 3.8) is 0 Å². The number of hydrogen-bond acceptors (Lipinski definition) is 4. The minimum atomic E-state index is -3.55. The van der Waals surface area contributed by atoms with Crippen molar-refractivity contribution in [2.45, 2.75) is 24.2 Å². The molecule has 2 aromatic rings. The number of aromatic nitrogens is 1. The Morgan fingerprint density at radius 2 is 2.00 bits per heavy atom. The van der Waals surface area contributed by atoms with Gasteiger partial charge >= 0.3 is 0 Å². The molecular formula is C19H23N3O3S. The Kier molecular flexibility index (Phi) is 6.00. The second kappa shape index (κ2) is 8.42. The molecule has 138 valence electrons. The molecule has 0 spiro atoms. The van der Waals surface area contributed by atoms with Crippen LogP contribution in [0.5, 0.6) is 0 Å². The summed E-state index contributed by atoms with van der Waals surface area (Å²) >= 11 is 0. The molecule has 3 rings (SSSR count). The number of carbonyl (C=O) groups excluding carboxylic acids is 1. The van der Waals surface area contributed by atoms with Crippen molar-refractivity contribution in [3.05, 3.63) is 60.4 Å². The van der Waals surface area contributed by atoms with E-state index in [0.717, 1.165) is 5.56 Å². The molecule has 1 aromatic heterocycles. The van der Waals surface area contributed by atoms with Crippen LogP contribution in [-0.2, 0) is 21.2 Å². The normalized spacial score (nSPS) is 18.4. The first-order valence-corrected chi connectivity index (χ1v) is 10.2. The molecule has 1 unspecified atom stereocenters. The van der Waals surface area contributed by atoms with E-state index in [1.807, 2.05) is 12.1 Å². The van der Waals surface area contributed by atoms with Crippen molar-refractivity contribution in [3.8, 4) is 0 Å². The lowest BCUT2D eigenvalue weighted by Crippen LogP contribution is -2.45. The standard InChI is InChI=1S/C19H23N3O3S/c23-19(21-12-10-16-6-4-11-20-14-16)17-7-5-13-22(15-17)26(24,25)18-8-2-1-3-9-18/h1-4,6,8-9,11,14,17H,5,7,10,12-13,15H2,(H,21,23). The zero-order valence-electron chi connectivity index (χ0n) is 14.5. The summed E-state index contributed by atoms with van der Waals surface area (Å²) in [7, 11) is -3.55. The van der Waals surface area contributed by atoms with Crippen molar-refractivity contribution in [1.82, 2.24) is 14.6 Å². The zero-order valence-corrected chi connectivity index (χ0v) is 15.4. The Bertz CT molecular complexity index is 826. The van der Waals surface area contributed by atoms with Crippen LogP contribution in [-0.4, -0.2) is 43.2 Å². The van der Waals surface area contributed by atoms with E-state index in [9.17, 15) is 13.2 Å². The minimum Gasteiger partial charge on any atom is -0.355 e. The molecule has 1 aliphatic rings. The Balaban J connectivity index is 1.57. The Labute approximate surface area is 154 Å². The van der Waals surface area contributed by atoms with E-state index < -0.39 is 10.0 Å². The summed E-state index contributed by atoms with van der Waals surface area (Å²) in [6.45, 7) is 1.21. The number of pyridine rings is 1. The van der Waals surface area contributed by atoms with Crippen LogP contribution < -0.4 is 5.32 Å². The molecule has 1 amide bonds. The van der Waals surface area contributed by atoms with Gasteiger partial charge in [-0.25, -0.2) is 8.42 Å². The summed E-state index contributed by atoms with van der Waals surface area (Å²) in [5.74, 6) is -0.391. The van der Waals surface area contributed by atoms with E-state index in [1.54, 1.807) is 42.7 Å². The van der Waals surface area contributed by atoms with Crippen LogP contribution in [0.25, 0.3) is 0 Å². The molecule has 7 heteroatoms. The number of nitrogens with zero attached hydrogens (tertiary/aromatic N) is 2. The van der Waals surface area contributed by atoms with Gasteiger partial charge in [0.15, 0.2) is 0 Å². The van der Waals surface area contributed by atoms with Crippen molar-refractivity contribution < 1.29 is 13.2 Å². The maximum atomic E-state index is 12.7. The lowest BCUT2D eigenvalue weighted by atomic mass is 9.99. The molecule has 1 N–H and O–H groups in total. The van der Waals surface area contributed by atoms with E-state index in [0.29, 0.717) is 32.4 Å². The fourth-order valence-electron chi connectivity index (χ4n) is 3.14. The summed E-state index contributed by atoms with van der Waals surface area (Å²) in [5.41, 5.74) is 1.06. The van der Waals surface area contributed by atoms with Crippen LogP contribution in [0.4, 0.5) is 0 Å². The van der Waals surface area contributed by atoms with Gasteiger partial charge in [-0.05, 0) is 43.0 Å². The van der Waals surface area contributed by atoms with E-state index in [4.69, 9.17) is 0 Å². The van der Waals surface area contributed by atoms with Crippen molar-refractivity contribution in [2.75, 3.05) is 19.6 Å². The number of amides is 1. The molecule has 1 fully saturated rings. The fraction of sp³-hybridized carbons (Fsp3) is 0.368. The molecular weight excluding hydrogens is 350 g/mol. The largest absolute Gasteiger partial charge is 0.355 e. The predicted octanol–water partition coefficient (Wildman–Crippen LogP) is 1.84. The molecule has 0 radical (unpaired) electrons. The van der Waals surface area contributed by atoms with Gasteiger partial charge in [0.05, 0.1) is 10.8 Å². The van der Waals surface area contributed by atoms with Gasteiger partial charge in [-0.2, -0.15) is 4.31 Å². The van der Waals surface area contributed by atoms with E-state index >= 15 is 0 Å². The average Bonchev–Trinajstić information content (AvgIpc) is 2.69. The molecule has 1 atom stereocenters. The summed E-state index contributed by atoms with van der Waals surface area (Å²) < 4.78 is 26.9. The summed E-state index contributed by atoms with van der Waals surface area (Å²) in [6, 6.07) is 12.2. The highest BCUT2D eigenvalue weighted by molar-refractivity contribution is 7.89. The second-order valence-electron chi connectivity index (χ2n) is 6.42.